The van der Waals surface area contributed by atoms with E-state index in [-0.39, 0.29) is 203 Å². The number of fused-ring (bicyclic) bond motifs is 3. The number of rotatable bonds is 15. The number of aromatic hydroxyl groups is 3. The lowest BCUT2D eigenvalue weighted by Gasteiger charge is -2.41. The Balaban J connectivity index is 0.000000175. The van der Waals surface area contributed by atoms with Gasteiger partial charge in [0, 0.05) is 117 Å². The Morgan fingerprint density at radius 1 is 0.399 bits per heavy atom. The van der Waals surface area contributed by atoms with E-state index in [4.69, 9.17) is 166 Å². The van der Waals surface area contributed by atoms with Crippen molar-refractivity contribution in [3.63, 3.8) is 0 Å². The molecule has 3 amide bonds. The van der Waals surface area contributed by atoms with Crippen LogP contribution < -0.4 is 31.4 Å². The molecule has 3 fully saturated rings. The fraction of sp³-hybridized carbons (Fsp3) is 0.281. The second kappa shape index (κ2) is 41.6. The number of nitriles is 3. The Hall–Kier alpha value is -11.3. The van der Waals surface area contributed by atoms with E-state index in [0.29, 0.717) is 105 Å². The third kappa shape index (κ3) is 18.4. The van der Waals surface area contributed by atoms with E-state index in [1.807, 2.05) is 83.9 Å². The number of hydrogen-bond acceptors (Lipinski definition) is 21. The number of carbonyl (C=O) groups excluding carboxylic acids is 3. The van der Waals surface area contributed by atoms with Gasteiger partial charge in [-0.15, -0.1) is 0 Å². The maximum atomic E-state index is 15.6. The molecule has 3 atom stereocenters. The van der Waals surface area contributed by atoms with Gasteiger partial charge < -0.3 is 44.7 Å². The number of anilines is 3. The Kier molecular flexibility index (Phi) is 31.4. The van der Waals surface area contributed by atoms with Crippen LogP contribution in [-0.2, 0) is 14.4 Å². The van der Waals surface area contributed by atoms with Crippen molar-refractivity contribution < 1.29 is 38.5 Å². The molecule has 3 aromatic carbocycles. The minimum absolute atomic E-state index is 0.00390. The molecule has 3 N–H and O–H groups in total. The first-order chi connectivity index (χ1) is 65.2. The minimum atomic E-state index is -1.21. The highest BCUT2D eigenvalue weighted by atomic mass is 35.5. The summed E-state index contributed by atoms with van der Waals surface area (Å²) in [7, 11) is 0. The van der Waals surface area contributed by atoms with Gasteiger partial charge in [0.05, 0.1) is 130 Å². The molecule has 0 bridgehead atoms. The van der Waals surface area contributed by atoms with Crippen LogP contribution in [-0.4, -0.2) is 168 Å². The topological polar surface area (TPSA) is 346 Å². The predicted octanol–water partition coefficient (Wildman–Crippen LogP) is 22.8. The van der Waals surface area contributed by atoms with Gasteiger partial charge in [0.2, 0.25) is 17.7 Å². The van der Waals surface area contributed by atoms with Crippen LogP contribution in [0.25, 0.3) is 83.9 Å². The van der Waals surface area contributed by atoms with E-state index >= 15 is 8.78 Å². The molecule has 138 heavy (non-hydrogen) atoms. The molecular formula is C96H81Cl13F2N18O9. The number of pyridine rings is 9. The maximum absolute atomic E-state index is 15.6. The Morgan fingerprint density at radius 2 is 0.652 bits per heavy atom. The van der Waals surface area contributed by atoms with Crippen LogP contribution in [0.3, 0.4) is 0 Å². The molecule has 0 radical (unpaired) electrons. The lowest BCUT2D eigenvalue weighted by molar-refractivity contribution is -0.129. The van der Waals surface area contributed by atoms with Crippen molar-refractivity contribution >= 4 is 219 Å². The normalized spacial score (nSPS) is 15.0. The fourth-order valence-electron chi connectivity index (χ4n) is 17.4. The molecule has 15 rings (SSSR count). The molecule has 0 aliphatic carbocycles. The van der Waals surface area contributed by atoms with Crippen molar-refractivity contribution in [1.82, 2.24) is 58.3 Å². The molecule has 3 aliphatic heterocycles. The standard InChI is InChI=1S/C32H27Cl5N6O3.2C32H27Cl4FN6O3/c1-6-20(44)42-10-9-41(13-16(42)5)29-17-11-19(33)27(21-22(34)24(36)25(37)30(45)23(21)35)40-31(17)43(32(46)18(29)12-38)28-15(4)7-8-39-26(28)14(2)3;2*1-6-20(44)42-10-9-41(13-16(42)5)29-17-11-19(33)27(21-22(34)23(35)24(36)30(45)25(21)37)40-31(17)43(32(46)18(29)12-38)28-15(4)7-8-39-26(28)14(2)3/h3*6-8,11,14,16,45H,1,9-10,13H2,2-5H3/t3*16-/m111/s1. The van der Waals surface area contributed by atoms with Crippen molar-refractivity contribution in [2.45, 2.75) is 119 Å². The summed E-state index contributed by atoms with van der Waals surface area (Å²) in [6, 6.07) is 15.1. The molecule has 3 aliphatic rings. The highest BCUT2D eigenvalue weighted by molar-refractivity contribution is 6.53. The molecule has 0 spiro atoms. The zero-order chi connectivity index (χ0) is 101. The van der Waals surface area contributed by atoms with Crippen LogP contribution >= 0.6 is 151 Å². The average Bonchev–Trinajstić information content (AvgIpc) is 0.726. The van der Waals surface area contributed by atoms with E-state index in [0.717, 1.165) is 0 Å². The van der Waals surface area contributed by atoms with Crippen LogP contribution in [0.5, 0.6) is 17.2 Å². The average molecular weight is 2130 g/mol. The number of nitrogens with zero attached hydrogens (tertiary/aromatic N) is 18. The molecule has 9 aromatic heterocycles. The van der Waals surface area contributed by atoms with E-state index < -0.39 is 66.7 Å². The number of hydrogen-bond donors (Lipinski definition) is 3. The highest BCUT2D eigenvalue weighted by Gasteiger charge is 2.40. The molecule has 3 saturated heterocycles. The number of phenolic OH excluding ortho intramolecular Hbond substituents is 3. The molecule has 27 nitrogen and oxygen atoms in total. The zero-order valence-electron chi connectivity index (χ0n) is 75.4. The van der Waals surface area contributed by atoms with Crippen molar-refractivity contribution in [1.29, 1.82) is 15.8 Å². The van der Waals surface area contributed by atoms with Crippen LogP contribution in [0.1, 0.15) is 131 Å². The van der Waals surface area contributed by atoms with Crippen molar-refractivity contribution in [3.8, 4) is 86.3 Å². The van der Waals surface area contributed by atoms with Crippen LogP contribution in [0, 0.1) is 66.4 Å². The number of aryl methyl sites for hydroxylation is 3. The third-order valence-electron chi connectivity index (χ3n) is 24.0. The zero-order valence-corrected chi connectivity index (χ0v) is 85.2. The second-order valence-electron chi connectivity index (χ2n) is 33.6. The SMILES string of the molecule is C=CC(=O)N1CCN(c2c(C#N)c(=O)n(-c3c(C)ccnc3C(C)C)c3nc(-c4c(Cl)c(O)c(Cl)c(Cl)c4Cl)c(Cl)cc23)C[C@H]1C.C=CC(=O)N1CCN(c2c(C#N)c(=O)n(-c3c(C)ccnc3C(C)C)c3nc(-c4c(F)c(O)c(Cl)c(Cl)c4Cl)c(Cl)cc23)C[C@H]1C.C=CC(=O)N1CCN(c2c(C#N)c(=O)n(-c3c(C)ccnc3C(C)C)c3nc(-c4c(F)c(O)c(Cl)c(Cl)c4Cl)c(Cl)cc23)C[C@H]1C. The quantitative estimate of drug-likeness (QED) is 0.0487. The molecular weight excluding hydrogens is 2050 g/mol. The fourth-order valence-corrected chi connectivity index (χ4v) is 20.6. The largest absolute Gasteiger partial charge is 0.505 e. The lowest BCUT2D eigenvalue weighted by atomic mass is 10.0. The van der Waals surface area contributed by atoms with Gasteiger partial charge in [-0.1, -0.05) is 212 Å². The Bertz CT molecular complexity index is 6780. The van der Waals surface area contributed by atoms with Gasteiger partial charge in [0.25, 0.3) is 16.7 Å². The predicted molar refractivity (Wildman–Crippen MR) is 543 cm³/mol. The monoisotopic (exact) mass is 2120 g/mol. The Labute approximate surface area is 854 Å². The summed E-state index contributed by atoms with van der Waals surface area (Å²) in [5.74, 6) is -5.95. The van der Waals surface area contributed by atoms with Gasteiger partial charge in [-0.2, -0.15) is 15.8 Å². The van der Waals surface area contributed by atoms with E-state index in [2.05, 4.69) is 52.9 Å². The van der Waals surface area contributed by atoms with Crippen LogP contribution in [0.2, 0.25) is 65.3 Å². The van der Waals surface area contributed by atoms with Crippen molar-refractivity contribution in [2.75, 3.05) is 73.6 Å². The summed E-state index contributed by atoms with van der Waals surface area (Å²) in [4.78, 5) is 119. The minimum Gasteiger partial charge on any atom is -0.505 e. The van der Waals surface area contributed by atoms with Gasteiger partial charge in [-0.3, -0.25) is 57.4 Å². The molecule has 0 unspecified atom stereocenters. The third-order valence-corrected chi connectivity index (χ3v) is 29.2. The number of carbonyl (C=O) groups is 3. The van der Waals surface area contributed by atoms with Crippen LogP contribution in [0.4, 0.5) is 25.8 Å². The number of amides is 3. The van der Waals surface area contributed by atoms with E-state index in [9.17, 15) is 59.9 Å². The first-order valence-corrected chi connectivity index (χ1v) is 47.3. The van der Waals surface area contributed by atoms with E-state index in [1.165, 1.54) is 44.1 Å². The first kappa shape index (κ1) is 104. The summed E-state index contributed by atoms with van der Waals surface area (Å²) < 4.78 is 35.2. The number of halogens is 15. The summed E-state index contributed by atoms with van der Waals surface area (Å²) in [6.45, 7) is 35.9. The summed E-state index contributed by atoms with van der Waals surface area (Å²) in [5.41, 5.74) is 2.24. The summed E-state index contributed by atoms with van der Waals surface area (Å²) >= 11 is 83.4. The highest BCUT2D eigenvalue weighted by Crippen LogP contribution is 2.54. The number of aromatic nitrogens is 9. The van der Waals surface area contributed by atoms with Gasteiger partial charge in [-0.05, 0) is 131 Å². The number of piperazine rings is 3. The van der Waals surface area contributed by atoms with Crippen molar-refractivity contribution in [3.05, 3.63) is 251 Å². The smallest absolute Gasteiger partial charge is 0.276 e. The van der Waals surface area contributed by atoms with Gasteiger partial charge in [-0.25, -0.2) is 23.7 Å². The van der Waals surface area contributed by atoms with Crippen molar-refractivity contribution in [2.24, 2.45) is 0 Å². The molecule has 714 valence electrons. The number of benzene rings is 3. The maximum Gasteiger partial charge on any atom is 0.276 e. The number of phenols is 3. The van der Waals surface area contributed by atoms with E-state index in [1.54, 1.807) is 71.4 Å². The molecule has 0 saturated carbocycles. The van der Waals surface area contributed by atoms with Gasteiger partial charge in [0.15, 0.2) is 28.9 Å². The molecule has 42 heteroatoms. The molecule has 12 heterocycles. The van der Waals surface area contributed by atoms with Gasteiger partial charge >= 0.3 is 0 Å². The van der Waals surface area contributed by atoms with Gasteiger partial charge in [0.1, 0.15) is 66.9 Å². The summed E-state index contributed by atoms with van der Waals surface area (Å²) in [6.07, 6.45) is 8.63. The summed E-state index contributed by atoms with van der Waals surface area (Å²) in [5, 5.41) is 60.6. The second-order valence-corrected chi connectivity index (χ2v) is 38.6. The molecule has 12 aromatic rings. The first-order valence-electron chi connectivity index (χ1n) is 42.4. The lowest BCUT2D eigenvalue weighted by Crippen LogP contribution is -2.54. The van der Waals surface area contributed by atoms with Crippen LogP contribution in [0.15, 0.2) is 107 Å². The Morgan fingerprint density at radius 3 is 0.899 bits per heavy atom.